The molecule has 9 rings (SSSR count). The Bertz CT molecular complexity index is 1900. The van der Waals surface area contributed by atoms with Gasteiger partial charge in [0, 0.05) is 42.5 Å². The Balaban J connectivity index is 1.24. The maximum Gasteiger partial charge on any atom is 0.319 e. The minimum Gasteiger partial charge on any atom is -0.508 e. The number of hydrogen-bond donors (Lipinski definition) is 2. The van der Waals surface area contributed by atoms with Crippen LogP contribution in [0.25, 0.3) is 32.9 Å². The smallest absolute Gasteiger partial charge is 0.319 e. The van der Waals surface area contributed by atoms with Crippen LogP contribution >= 0.6 is 11.6 Å². The van der Waals surface area contributed by atoms with E-state index in [0.717, 1.165) is 32.2 Å². The number of ether oxygens (including phenoxy) is 2. The fourth-order valence-corrected chi connectivity index (χ4v) is 8.65. The van der Waals surface area contributed by atoms with Gasteiger partial charge in [-0.2, -0.15) is 9.97 Å². The summed E-state index contributed by atoms with van der Waals surface area (Å²) in [4.78, 5) is 18.3. The molecule has 5 aliphatic heterocycles. The zero-order valence-electron chi connectivity index (χ0n) is 24.2. The number of halogens is 4. The molecule has 2 bridgehead atoms. The average molecular weight is 639 g/mol. The number of phenols is 1. The Morgan fingerprint density at radius 3 is 2.91 bits per heavy atom. The van der Waals surface area contributed by atoms with Crippen molar-refractivity contribution in [3.63, 3.8) is 0 Å². The molecule has 0 saturated carbocycles. The lowest BCUT2D eigenvalue weighted by molar-refractivity contribution is 0.107. The van der Waals surface area contributed by atoms with Crippen molar-refractivity contribution in [3.05, 3.63) is 40.9 Å². The van der Waals surface area contributed by atoms with Gasteiger partial charge in [0.05, 0.1) is 16.6 Å². The molecule has 7 heterocycles. The van der Waals surface area contributed by atoms with Gasteiger partial charge in [-0.3, -0.25) is 4.90 Å². The van der Waals surface area contributed by atoms with Gasteiger partial charge in [0.15, 0.2) is 5.82 Å². The number of aromatic nitrogens is 3. The second kappa shape index (κ2) is 9.94. The fraction of sp³-hybridized carbons (Fsp3) is 0.469. The highest BCUT2D eigenvalue weighted by Gasteiger charge is 2.50. The number of piperazine rings is 1. The van der Waals surface area contributed by atoms with Crippen molar-refractivity contribution in [3.8, 4) is 28.9 Å². The second-order valence-electron chi connectivity index (χ2n) is 13.0. The molecule has 0 spiro atoms. The number of pyridine rings is 1. The molecule has 5 aliphatic rings. The maximum atomic E-state index is 16.9. The summed E-state index contributed by atoms with van der Waals surface area (Å²) in [6.45, 7) is 2.29. The molecule has 4 fully saturated rings. The largest absolute Gasteiger partial charge is 0.508 e. The molecule has 45 heavy (non-hydrogen) atoms. The Hall–Kier alpha value is -3.61. The van der Waals surface area contributed by atoms with E-state index in [1.807, 2.05) is 0 Å². The van der Waals surface area contributed by atoms with Crippen molar-refractivity contribution >= 4 is 39.1 Å². The van der Waals surface area contributed by atoms with E-state index in [4.69, 9.17) is 26.1 Å². The summed E-state index contributed by atoms with van der Waals surface area (Å²) in [5.74, 6) is -1.05. The zero-order valence-corrected chi connectivity index (χ0v) is 25.0. The number of hydrogen-bond acceptors (Lipinski definition) is 9. The van der Waals surface area contributed by atoms with Crippen molar-refractivity contribution in [1.29, 1.82) is 0 Å². The summed E-state index contributed by atoms with van der Waals surface area (Å²) in [5.41, 5.74) is -0.613. The zero-order chi connectivity index (χ0) is 30.6. The lowest BCUT2D eigenvalue weighted by Crippen LogP contribution is -2.60. The first kappa shape index (κ1) is 27.7. The van der Waals surface area contributed by atoms with Crippen molar-refractivity contribution in [2.24, 2.45) is 0 Å². The minimum atomic E-state index is -0.923. The highest BCUT2D eigenvalue weighted by molar-refractivity contribution is 6.37. The number of aromatic hydroxyl groups is 1. The summed E-state index contributed by atoms with van der Waals surface area (Å²) in [5, 5.41) is 14.9. The van der Waals surface area contributed by atoms with E-state index in [0.29, 0.717) is 36.1 Å². The number of alkyl halides is 1. The van der Waals surface area contributed by atoms with Crippen molar-refractivity contribution in [1.82, 2.24) is 25.2 Å². The summed E-state index contributed by atoms with van der Waals surface area (Å²) in [7, 11) is 0. The first-order valence-electron chi connectivity index (χ1n) is 15.5. The molecule has 4 saturated heterocycles. The van der Waals surface area contributed by atoms with Gasteiger partial charge in [-0.1, -0.05) is 17.7 Å². The summed E-state index contributed by atoms with van der Waals surface area (Å²) < 4.78 is 58.6. The van der Waals surface area contributed by atoms with Crippen LogP contribution in [0.4, 0.5) is 19.0 Å². The average Bonchev–Trinajstić information content (AvgIpc) is 3.65. The Morgan fingerprint density at radius 2 is 2.02 bits per heavy atom. The van der Waals surface area contributed by atoms with Crippen LogP contribution in [0.1, 0.15) is 32.1 Å². The highest BCUT2D eigenvalue weighted by atomic mass is 35.5. The summed E-state index contributed by atoms with van der Waals surface area (Å²) >= 11 is 6.41. The topological polar surface area (TPSA) is 95.9 Å². The molecule has 0 aliphatic carbocycles. The molecule has 9 nitrogen and oxygen atoms in total. The van der Waals surface area contributed by atoms with Crippen molar-refractivity contribution in [2.75, 3.05) is 37.7 Å². The van der Waals surface area contributed by atoms with Crippen molar-refractivity contribution < 1.29 is 27.8 Å². The maximum absolute atomic E-state index is 16.9. The summed E-state index contributed by atoms with van der Waals surface area (Å²) in [6, 6.07) is 5.69. The lowest BCUT2D eigenvalue weighted by atomic mass is 9.95. The predicted octanol–water partition coefficient (Wildman–Crippen LogP) is 5.14. The van der Waals surface area contributed by atoms with Gasteiger partial charge < -0.3 is 24.8 Å². The van der Waals surface area contributed by atoms with Crippen LogP contribution in [-0.4, -0.2) is 87.6 Å². The van der Waals surface area contributed by atoms with Gasteiger partial charge in [-0.25, -0.2) is 18.2 Å². The van der Waals surface area contributed by atoms with Crippen LogP contribution in [0.3, 0.4) is 0 Å². The summed E-state index contributed by atoms with van der Waals surface area (Å²) in [6.07, 6.45) is 3.19. The fourth-order valence-electron chi connectivity index (χ4n) is 8.38. The Labute approximate surface area is 261 Å². The number of nitrogens with one attached hydrogen (secondary N) is 1. The van der Waals surface area contributed by atoms with Crippen LogP contribution in [0.5, 0.6) is 17.6 Å². The molecule has 4 aromatic rings. The number of phenolic OH excluding ortho intramolecular Hbond substituents is 1. The van der Waals surface area contributed by atoms with Crippen LogP contribution in [-0.2, 0) is 0 Å². The van der Waals surface area contributed by atoms with E-state index in [1.54, 1.807) is 0 Å². The number of anilines is 1. The van der Waals surface area contributed by atoms with Gasteiger partial charge in [-0.15, -0.1) is 0 Å². The third-order valence-corrected chi connectivity index (χ3v) is 10.8. The molecule has 0 radical (unpaired) electrons. The standard InChI is InChI=1S/C32H30ClF3N6O3/c33-25-20(35)4-2-15-8-18(43)9-19(23(15)25)27-26(36)28-24-29(42-12-17-3-5-21(37-17)22(42)13-44-30(24)38-27)40-31(39-28)45-14-32-6-1-7-41(32)11-16(34)10-32/h2,4,8-9,16-17,21-22,37,43H,1,3,5-7,10-14H2/t16-,17-,21+,22-,32+/m1/s1. The minimum absolute atomic E-state index is 0.0144. The molecule has 5 atom stereocenters. The predicted molar refractivity (Wildman–Crippen MR) is 162 cm³/mol. The molecule has 13 heteroatoms. The third-order valence-electron chi connectivity index (χ3n) is 10.4. The molecular weight excluding hydrogens is 609 g/mol. The van der Waals surface area contributed by atoms with Crippen molar-refractivity contribution in [2.45, 2.75) is 61.9 Å². The van der Waals surface area contributed by atoms with Crippen LogP contribution in [0.2, 0.25) is 5.02 Å². The molecule has 0 unspecified atom stereocenters. The molecule has 2 aromatic heterocycles. The SMILES string of the molecule is Oc1cc(-c2nc3c4c(nc(OC[C@@]56CCCN5C[C@H](F)C6)nc4c2F)N2C[C@H]4CC[C@H](N4)[C@H]2CO3)c2c(Cl)c(F)ccc2c1. The third kappa shape index (κ3) is 4.18. The van der Waals surface area contributed by atoms with E-state index in [9.17, 15) is 13.9 Å². The normalized spacial score (nSPS) is 28.8. The van der Waals surface area contributed by atoms with E-state index >= 15 is 4.39 Å². The molecular formula is C32H30ClF3N6O3. The lowest BCUT2D eigenvalue weighted by Gasteiger charge is -2.40. The van der Waals surface area contributed by atoms with E-state index in [-0.39, 0.29) is 76.2 Å². The van der Waals surface area contributed by atoms with Gasteiger partial charge in [0.1, 0.15) is 53.4 Å². The van der Waals surface area contributed by atoms with Gasteiger partial charge in [0.2, 0.25) is 5.88 Å². The number of nitrogens with zero attached hydrogens (tertiary/aromatic N) is 5. The monoisotopic (exact) mass is 638 g/mol. The van der Waals surface area contributed by atoms with Gasteiger partial charge in [-0.05, 0) is 55.8 Å². The number of fused-ring (bicyclic) bond motifs is 7. The van der Waals surface area contributed by atoms with Gasteiger partial charge >= 0.3 is 6.01 Å². The first-order valence-corrected chi connectivity index (χ1v) is 15.9. The van der Waals surface area contributed by atoms with E-state index in [2.05, 4.69) is 25.1 Å². The van der Waals surface area contributed by atoms with Gasteiger partial charge in [0.25, 0.3) is 0 Å². The molecule has 234 valence electrons. The quantitative estimate of drug-likeness (QED) is 0.315. The Kier molecular flexibility index (Phi) is 6.12. The Morgan fingerprint density at radius 1 is 1.13 bits per heavy atom. The molecule has 2 N–H and O–H groups in total. The first-order chi connectivity index (χ1) is 21.8. The van der Waals surface area contributed by atoms with E-state index < -0.39 is 23.3 Å². The molecule has 2 aromatic carbocycles. The second-order valence-corrected chi connectivity index (χ2v) is 13.4. The number of benzene rings is 2. The molecule has 0 amide bonds. The van der Waals surface area contributed by atoms with Crippen LogP contribution in [0, 0.1) is 11.6 Å². The van der Waals surface area contributed by atoms with Crippen LogP contribution in [0.15, 0.2) is 24.3 Å². The van der Waals surface area contributed by atoms with E-state index in [1.165, 1.54) is 24.3 Å². The highest BCUT2D eigenvalue weighted by Crippen LogP contribution is 2.46. The van der Waals surface area contributed by atoms with Crippen LogP contribution < -0.4 is 19.7 Å². The number of rotatable bonds is 4.